The van der Waals surface area contributed by atoms with Gasteiger partial charge in [0.1, 0.15) is 0 Å². The third-order valence-electron chi connectivity index (χ3n) is 4.15. The lowest BCUT2D eigenvalue weighted by molar-refractivity contribution is -0.134. The van der Waals surface area contributed by atoms with Crippen molar-refractivity contribution in [2.24, 2.45) is 11.7 Å². The second-order valence-corrected chi connectivity index (χ2v) is 6.36. The van der Waals surface area contributed by atoms with E-state index in [-0.39, 0.29) is 17.9 Å². The van der Waals surface area contributed by atoms with Crippen LogP contribution in [0, 0.1) is 5.92 Å². The summed E-state index contributed by atoms with van der Waals surface area (Å²) in [7, 11) is 0. The number of halogens is 1. The van der Waals surface area contributed by atoms with E-state index in [4.69, 9.17) is 17.3 Å². The number of hydrogen-bond donors (Lipinski definition) is 1. The molecule has 0 radical (unpaired) electrons. The van der Waals surface area contributed by atoms with Crippen LogP contribution in [-0.2, 0) is 4.79 Å². The molecule has 20 heavy (non-hydrogen) atoms. The van der Waals surface area contributed by atoms with E-state index in [9.17, 15) is 4.79 Å². The Balaban J connectivity index is 1.92. The first kappa shape index (κ1) is 15.3. The SMILES string of the molecule is CC(C)C(N)C(=O)N1CCC(c2ccc(Cl)cc2)CC1. The van der Waals surface area contributed by atoms with Gasteiger partial charge in [0.15, 0.2) is 0 Å². The van der Waals surface area contributed by atoms with Gasteiger partial charge in [-0.15, -0.1) is 0 Å². The molecular formula is C16H23ClN2O. The van der Waals surface area contributed by atoms with Crippen molar-refractivity contribution in [1.29, 1.82) is 0 Å². The highest BCUT2D eigenvalue weighted by atomic mass is 35.5. The molecule has 3 nitrogen and oxygen atoms in total. The van der Waals surface area contributed by atoms with Gasteiger partial charge >= 0.3 is 0 Å². The van der Waals surface area contributed by atoms with E-state index >= 15 is 0 Å². The molecule has 0 bridgehead atoms. The standard InChI is InChI=1S/C16H23ClN2O/c1-11(2)15(18)16(20)19-9-7-13(8-10-19)12-3-5-14(17)6-4-12/h3-6,11,13,15H,7-10,18H2,1-2H3. The summed E-state index contributed by atoms with van der Waals surface area (Å²) >= 11 is 5.91. The summed E-state index contributed by atoms with van der Waals surface area (Å²) in [6.07, 6.45) is 2.00. The molecule has 1 unspecified atom stereocenters. The Morgan fingerprint density at radius 1 is 1.25 bits per heavy atom. The van der Waals surface area contributed by atoms with Gasteiger partial charge in [-0.2, -0.15) is 0 Å². The topological polar surface area (TPSA) is 46.3 Å². The van der Waals surface area contributed by atoms with Gasteiger partial charge in [-0.3, -0.25) is 4.79 Å². The zero-order valence-electron chi connectivity index (χ0n) is 12.2. The highest BCUT2D eigenvalue weighted by Crippen LogP contribution is 2.29. The molecule has 0 saturated carbocycles. The molecule has 1 atom stereocenters. The van der Waals surface area contributed by atoms with Crippen LogP contribution in [0.1, 0.15) is 38.2 Å². The predicted octanol–water partition coefficient (Wildman–Crippen LogP) is 3.03. The van der Waals surface area contributed by atoms with Crippen LogP contribution in [-0.4, -0.2) is 29.9 Å². The summed E-state index contributed by atoms with van der Waals surface area (Å²) in [5.41, 5.74) is 7.26. The molecule has 1 aromatic rings. The molecule has 1 amide bonds. The van der Waals surface area contributed by atoms with E-state index in [1.807, 2.05) is 30.9 Å². The molecule has 1 aliphatic heterocycles. The largest absolute Gasteiger partial charge is 0.341 e. The number of nitrogens with zero attached hydrogens (tertiary/aromatic N) is 1. The molecule has 2 rings (SSSR count). The van der Waals surface area contributed by atoms with Crippen LogP contribution in [0.5, 0.6) is 0 Å². The van der Waals surface area contributed by atoms with Crippen LogP contribution in [0.25, 0.3) is 0 Å². The molecule has 1 fully saturated rings. The third-order valence-corrected chi connectivity index (χ3v) is 4.40. The quantitative estimate of drug-likeness (QED) is 0.931. The Kier molecular flexibility index (Phi) is 5.06. The van der Waals surface area contributed by atoms with Crippen molar-refractivity contribution >= 4 is 17.5 Å². The summed E-state index contributed by atoms with van der Waals surface area (Å²) in [6, 6.07) is 7.67. The number of piperidine rings is 1. The van der Waals surface area contributed by atoms with Gasteiger partial charge in [0, 0.05) is 18.1 Å². The summed E-state index contributed by atoms with van der Waals surface area (Å²) in [4.78, 5) is 14.1. The molecule has 110 valence electrons. The van der Waals surface area contributed by atoms with Crippen molar-refractivity contribution in [3.63, 3.8) is 0 Å². The molecular weight excluding hydrogens is 272 g/mol. The monoisotopic (exact) mass is 294 g/mol. The van der Waals surface area contributed by atoms with Gasteiger partial charge in [-0.25, -0.2) is 0 Å². The van der Waals surface area contributed by atoms with Crippen LogP contribution < -0.4 is 5.73 Å². The maximum absolute atomic E-state index is 12.2. The minimum Gasteiger partial charge on any atom is -0.341 e. The highest BCUT2D eigenvalue weighted by molar-refractivity contribution is 6.30. The summed E-state index contributed by atoms with van der Waals surface area (Å²) < 4.78 is 0. The minimum atomic E-state index is -0.373. The Morgan fingerprint density at radius 3 is 2.30 bits per heavy atom. The molecule has 1 aromatic carbocycles. The van der Waals surface area contributed by atoms with Crippen molar-refractivity contribution in [3.8, 4) is 0 Å². The Bertz CT molecular complexity index is 450. The molecule has 0 spiro atoms. The fourth-order valence-electron chi connectivity index (χ4n) is 2.66. The molecule has 0 aromatic heterocycles. The zero-order chi connectivity index (χ0) is 14.7. The number of hydrogen-bond acceptors (Lipinski definition) is 2. The lowest BCUT2D eigenvalue weighted by Crippen LogP contribution is -2.49. The highest BCUT2D eigenvalue weighted by Gasteiger charge is 2.28. The molecule has 1 heterocycles. The van der Waals surface area contributed by atoms with Gasteiger partial charge in [0.25, 0.3) is 0 Å². The van der Waals surface area contributed by atoms with E-state index in [1.54, 1.807) is 0 Å². The second-order valence-electron chi connectivity index (χ2n) is 5.92. The summed E-state index contributed by atoms with van der Waals surface area (Å²) in [6.45, 7) is 5.57. The summed E-state index contributed by atoms with van der Waals surface area (Å²) in [5.74, 6) is 0.803. The number of nitrogens with two attached hydrogens (primary N) is 1. The van der Waals surface area contributed by atoms with Gasteiger partial charge in [-0.05, 0) is 42.4 Å². The van der Waals surface area contributed by atoms with Crippen LogP contribution >= 0.6 is 11.6 Å². The lowest BCUT2D eigenvalue weighted by atomic mass is 9.89. The maximum Gasteiger partial charge on any atom is 0.239 e. The number of carbonyl (C=O) groups is 1. The van der Waals surface area contributed by atoms with Crippen LogP contribution in [0.15, 0.2) is 24.3 Å². The first-order chi connectivity index (χ1) is 9.49. The van der Waals surface area contributed by atoms with Crippen molar-refractivity contribution in [2.45, 2.75) is 38.6 Å². The number of amides is 1. The normalized spacial score (nSPS) is 18.4. The fourth-order valence-corrected chi connectivity index (χ4v) is 2.79. The van der Waals surface area contributed by atoms with E-state index in [0.29, 0.717) is 5.92 Å². The maximum atomic E-state index is 12.2. The van der Waals surface area contributed by atoms with E-state index < -0.39 is 0 Å². The van der Waals surface area contributed by atoms with Crippen molar-refractivity contribution in [3.05, 3.63) is 34.9 Å². The Labute approximate surface area is 126 Å². The number of carbonyl (C=O) groups excluding carboxylic acids is 1. The third kappa shape index (κ3) is 3.53. The van der Waals surface area contributed by atoms with Crippen LogP contribution in [0.2, 0.25) is 5.02 Å². The van der Waals surface area contributed by atoms with Gasteiger partial charge < -0.3 is 10.6 Å². The molecule has 0 aliphatic carbocycles. The Morgan fingerprint density at radius 2 is 1.80 bits per heavy atom. The van der Waals surface area contributed by atoms with Crippen molar-refractivity contribution < 1.29 is 4.79 Å². The number of benzene rings is 1. The fraction of sp³-hybridized carbons (Fsp3) is 0.562. The second kappa shape index (κ2) is 6.59. The smallest absolute Gasteiger partial charge is 0.239 e. The first-order valence-corrected chi connectivity index (χ1v) is 7.66. The zero-order valence-corrected chi connectivity index (χ0v) is 12.9. The Hall–Kier alpha value is -1.06. The predicted molar refractivity (Wildman–Crippen MR) is 82.8 cm³/mol. The average molecular weight is 295 g/mol. The van der Waals surface area contributed by atoms with E-state index in [1.165, 1.54) is 5.56 Å². The van der Waals surface area contributed by atoms with Gasteiger partial charge in [0.05, 0.1) is 6.04 Å². The van der Waals surface area contributed by atoms with Gasteiger partial charge in [0.2, 0.25) is 5.91 Å². The van der Waals surface area contributed by atoms with Gasteiger partial charge in [-0.1, -0.05) is 37.6 Å². The van der Waals surface area contributed by atoms with Crippen molar-refractivity contribution in [2.75, 3.05) is 13.1 Å². The molecule has 2 N–H and O–H groups in total. The minimum absolute atomic E-state index is 0.0922. The number of rotatable bonds is 3. The van der Waals surface area contributed by atoms with E-state index in [2.05, 4.69) is 12.1 Å². The van der Waals surface area contributed by atoms with Crippen LogP contribution in [0.4, 0.5) is 0 Å². The summed E-state index contributed by atoms with van der Waals surface area (Å²) in [5, 5.41) is 0.768. The molecule has 4 heteroatoms. The average Bonchev–Trinajstić information content (AvgIpc) is 2.46. The van der Waals surface area contributed by atoms with Crippen LogP contribution in [0.3, 0.4) is 0 Å². The van der Waals surface area contributed by atoms with E-state index in [0.717, 1.165) is 31.0 Å². The molecule has 1 saturated heterocycles. The lowest BCUT2D eigenvalue weighted by Gasteiger charge is -2.34. The molecule has 1 aliphatic rings. The number of likely N-dealkylation sites (tertiary alicyclic amines) is 1. The van der Waals surface area contributed by atoms with Crippen molar-refractivity contribution in [1.82, 2.24) is 4.90 Å². The first-order valence-electron chi connectivity index (χ1n) is 7.29.